The SMILES string of the molecule is CCOc1ccc(C2=C(N(CCOC)CCOC)C(=O)N(c3cccc(Cl)c3)C2=O)cc1. The molecule has 3 rings (SSSR count). The predicted molar refractivity (Wildman–Crippen MR) is 124 cm³/mol. The minimum absolute atomic E-state index is 0.313. The van der Waals surface area contributed by atoms with Gasteiger partial charge >= 0.3 is 0 Å². The molecular weight excluding hydrogens is 432 g/mol. The molecule has 0 fully saturated rings. The first kappa shape index (κ1) is 23.8. The van der Waals surface area contributed by atoms with Crippen LogP contribution in [-0.2, 0) is 19.1 Å². The summed E-state index contributed by atoms with van der Waals surface area (Å²) < 4.78 is 16.0. The van der Waals surface area contributed by atoms with Crippen molar-refractivity contribution in [1.82, 2.24) is 4.90 Å². The first-order valence-electron chi connectivity index (χ1n) is 10.4. The fraction of sp³-hybridized carbons (Fsp3) is 0.333. The molecule has 0 unspecified atom stereocenters. The number of methoxy groups -OCH3 is 2. The lowest BCUT2D eigenvalue weighted by atomic mass is 10.0. The molecule has 0 atom stereocenters. The molecule has 170 valence electrons. The van der Waals surface area contributed by atoms with Crippen LogP contribution in [0.4, 0.5) is 5.69 Å². The van der Waals surface area contributed by atoms with E-state index in [1.165, 1.54) is 4.90 Å². The molecule has 0 aromatic heterocycles. The molecule has 2 aromatic rings. The molecule has 0 saturated carbocycles. The second kappa shape index (κ2) is 11.1. The van der Waals surface area contributed by atoms with Crippen molar-refractivity contribution in [2.45, 2.75) is 6.92 Å². The molecule has 32 heavy (non-hydrogen) atoms. The highest BCUT2D eigenvalue weighted by molar-refractivity contribution is 6.45. The minimum Gasteiger partial charge on any atom is -0.494 e. The second-order valence-corrected chi connectivity index (χ2v) is 7.52. The summed E-state index contributed by atoms with van der Waals surface area (Å²) >= 11 is 6.13. The van der Waals surface area contributed by atoms with Crippen molar-refractivity contribution in [3.05, 3.63) is 64.8 Å². The number of hydrogen-bond donors (Lipinski definition) is 0. The van der Waals surface area contributed by atoms with Crippen LogP contribution in [0.3, 0.4) is 0 Å². The Morgan fingerprint density at radius 2 is 1.59 bits per heavy atom. The average molecular weight is 459 g/mol. The van der Waals surface area contributed by atoms with Gasteiger partial charge in [-0.1, -0.05) is 29.8 Å². The number of imide groups is 1. The third-order valence-corrected chi connectivity index (χ3v) is 5.26. The Hall–Kier alpha value is -2.87. The van der Waals surface area contributed by atoms with Gasteiger partial charge in [-0.2, -0.15) is 0 Å². The Labute approximate surface area is 193 Å². The van der Waals surface area contributed by atoms with E-state index in [1.54, 1.807) is 62.8 Å². The van der Waals surface area contributed by atoms with E-state index in [4.69, 9.17) is 25.8 Å². The number of benzene rings is 2. The summed E-state index contributed by atoms with van der Waals surface area (Å²) in [6.07, 6.45) is 0. The molecular formula is C24H27ClN2O5. The van der Waals surface area contributed by atoms with Crippen LogP contribution >= 0.6 is 11.6 Å². The number of carbonyl (C=O) groups excluding carboxylic acids is 2. The molecule has 0 N–H and O–H groups in total. The van der Waals surface area contributed by atoms with Gasteiger partial charge in [0.05, 0.1) is 31.1 Å². The van der Waals surface area contributed by atoms with Crippen LogP contribution in [0, 0.1) is 0 Å². The standard InChI is InChI=1S/C24H27ClN2O5/c1-4-32-20-10-8-17(9-11-20)21-22(26(12-14-30-2)13-15-31-3)24(29)27(23(21)28)19-7-5-6-18(25)16-19/h5-11,16H,4,12-15H2,1-3H3. The molecule has 7 nitrogen and oxygen atoms in total. The molecule has 1 aliphatic rings. The maximum Gasteiger partial charge on any atom is 0.282 e. The third-order valence-electron chi connectivity index (χ3n) is 5.03. The largest absolute Gasteiger partial charge is 0.494 e. The summed E-state index contributed by atoms with van der Waals surface area (Å²) in [4.78, 5) is 30.2. The maximum atomic E-state index is 13.6. The summed E-state index contributed by atoms with van der Waals surface area (Å²) in [5, 5.41) is 0.440. The molecule has 1 heterocycles. The van der Waals surface area contributed by atoms with Gasteiger partial charge in [0, 0.05) is 32.3 Å². The van der Waals surface area contributed by atoms with Gasteiger partial charge in [0.25, 0.3) is 11.8 Å². The zero-order chi connectivity index (χ0) is 23.1. The first-order chi connectivity index (χ1) is 15.5. The lowest BCUT2D eigenvalue weighted by Crippen LogP contribution is -2.37. The first-order valence-corrected chi connectivity index (χ1v) is 10.7. The van der Waals surface area contributed by atoms with Gasteiger partial charge in [0.1, 0.15) is 11.4 Å². The summed E-state index contributed by atoms with van der Waals surface area (Å²) in [7, 11) is 3.19. The molecule has 0 aliphatic carbocycles. The molecule has 0 saturated heterocycles. The van der Waals surface area contributed by atoms with Crippen molar-refractivity contribution >= 4 is 34.7 Å². The van der Waals surface area contributed by atoms with E-state index < -0.39 is 11.8 Å². The van der Waals surface area contributed by atoms with Gasteiger partial charge < -0.3 is 19.1 Å². The normalized spacial score (nSPS) is 13.8. The van der Waals surface area contributed by atoms with Crippen molar-refractivity contribution < 1.29 is 23.8 Å². The Morgan fingerprint density at radius 3 is 2.16 bits per heavy atom. The zero-order valence-electron chi connectivity index (χ0n) is 18.5. The van der Waals surface area contributed by atoms with Crippen molar-refractivity contribution in [2.24, 2.45) is 0 Å². The summed E-state index contributed by atoms with van der Waals surface area (Å²) in [5.41, 5.74) is 1.69. The van der Waals surface area contributed by atoms with Gasteiger partial charge in [0.15, 0.2) is 0 Å². The smallest absolute Gasteiger partial charge is 0.282 e. The van der Waals surface area contributed by atoms with Gasteiger partial charge in [-0.15, -0.1) is 0 Å². The quantitative estimate of drug-likeness (QED) is 0.479. The Morgan fingerprint density at radius 1 is 0.938 bits per heavy atom. The van der Waals surface area contributed by atoms with Gasteiger partial charge in [-0.05, 0) is 42.8 Å². The lowest BCUT2D eigenvalue weighted by molar-refractivity contribution is -0.120. The molecule has 0 radical (unpaired) electrons. The molecule has 2 aromatic carbocycles. The fourth-order valence-corrected chi connectivity index (χ4v) is 3.73. The lowest BCUT2D eigenvalue weighted by Gasteiger charge is -2.25. The number of anilines is 1. The van der Waals surface area contributed by atoms with E-state index in [2.05, 4.69) is 0 Å². The molecule has 2 amide bonds. The van der Waals surface area contributed by atoms with Crippen LogP contribution in [0.5, 0.6) is 5.75 Å². The van der Waals surface area contributed by atoms with Crippen LogP contribution in [0.15, 0.2) is 54.2 Å². The van der Waals surface area contributed by atoms with E-state index in [-0.39, 0.29) is 0 Å². The Bertz CT molecular complexity index is 982. The highest BCUT2D eigenvalue weighted by atomic mass is 35.5. The highest BCUT2D eigenvalue weighted by Crippen LogP contribution is 2.36. The van der Waals surface area contributed by atoms with Crippen LogP contribution in [-0.4, -0.2) is 63.8 Å². The number of hydrogen-bond acceptors (Lipinski definition) is 6. The number of amides is 2. The maximum absolute atomic E-state index is 13.6. The van der Waals surface area contributed by atoms with Gasteiger partial charge in [0.2, 0.25) is 0 Å². The Balaban J connectivity index is 2.10. The topological polar surface area (TPSA) is 68.3 Å². The van der Waals surface area contributed by atoms with Crippen molar-refractivity contribution in [1.29, 1.82) is 0 Å². The number of nitrogens with zero attached hydrogens (tertiary/aromatic N) is 2. The summed E-state index contributed by atoms with van der Waals surface area (Å²) in [5.74, 6) is -0.123. The summed E-state index contributed by atoms with van der Waals surface area (Å²) in [6, 6.07) is 13.9. The van der Waals surface area contributed by atoms with E-state index >= 15 is 0 Å². The van der Waals surface area contributed by atoms with Gasteiger partial charge in [-0.3, -0.25) is 9.59 Å². The molecule has 0 bridgehead atoms. The van der Waals surface area contributed by atoms with E-state index in [9.17, 15) is 9.59 Å². The Kier molecular flexibility index (Phi) is 8.27. The predicted octanol–water partition coefficient (Wildman–Crippen LogP) is 3.62. The van der Waals surface area contributed by atoms with Crippen LogP contribution in [0.2, 0.25) is 5.02 Å². The van der Waals surface area contributed by atoms with E-state index in [0.29, 0.717) is 66.2 Å². The molecule has 1 aliphatic heterocycles. The molecule has 0 spiro atoms. The van der Waals surface area contributed by atoms with Crippen molar-refractivity contribution in [3.63, 3.8) is 0 Å². The van der Waals surface area contributed by atoms with E-state index in [1.807, 2.05) is 11.8 Å². The molecule has 8 heteroatoms. The van der Waals surface area contributed by atoms with Crippen LogP contribution in [0.1, 0.15) is 12.5 Å². The van der Waals surface area contributed by atoms with Gasteiger partial charge in [-0.25, -0.2) is 4.90 Å². The van der Waals surface area contributed by atoms with Crippen LogP contribution in [0.25, 0.3) is 5.57 Å². The van der Waals surface area contributed by atoms with Crippen molar-refractivity contribution in [2.75, 3.05) is 52.0 Å². The number of rotatable bonds is 11. The van der Waals surface area contributed by atoms with E-state index in [0.717, 1.165) is 0 Å². The van der Waals surface area contributed by atoms with Crippen molar-refractivity contribution in [3.8, 4) is 5.75 Å². The van der Waals surface area contributed by atoms with Crippen LogP contribution < -0.4 is 9.64 Å². The summed E-state index contributed by atoms with van der Waals surface area (Å²) in [6.45, 7) is 4.08. The zero-order valence-corrected chi connectivity index (χ0v) is 19.2. The minimum atomic E-state index is -0.409. The third kappa shape index (κ3) is 5.12. The number of ether oxygens (including phenoxy) is 3. The number of carbonyl (C=O) groups is 2. The fourth-order valence-electron chi connectivity index (χ4n) is 3.54. The second-order valence-electron chi connectivity index (χ2n) is 7.08. The number of halogens is 1. The highest BCUT2D eigenvalue weighted by Gasteiger charge is 2.42. The monoisotopic (exact) mass is 458 g/mol. The average Bonchev–Trinajstić information content (AvgIpc) is 3.05.